The largest absolute Gasteiger partial charge is 0.364 e. The van der Waals surface area contributed by atoms with Crippen LogP contribution in [-0.2, 0) is 13.1 Å². The van der Waals surface area contributed by atoms with Gasteiger partial charge in [-0.3, -0.25) is 4.90 Å². The van der Waals surface area contributed by atoms with Gasteiger partial charge in [0.1, 0.15) is 12.1 Å². The van der Waals surface area contributed by atoms with Gasteiger partial charge < -0.3 is 19.6 Å². The monoisotopic (exact) mass is 539 g/mol. The van der Waals surface area contributed by atoms with Crippen molar-refractivity contribution in [3.63, 3.8) is 0 Å². The van der Waals surface area contributed by atoms with Crippen molar-refractivity contribution >= 4 is 35.8 Å². The van der Waals surface area contributed by atoms with E-state index in [9.17, 15) is 0 Å². The molecule has 2 fully saturated rings. The number of aromatic nitrogens is 2. The second-order valence-electron chi connectivity index (χ2n) is 7.99. The Hall–Kier alpha value is -1.88. The van der Waals surface area contributed by atoms with Crippen molar-refractivity contribution < 1.29 is 4.52 Å². The van der Waals surface area contributed by atoms with Crippen molar-refractivity contribution in [1.29, 1.82) is 0 Å². The van der Waals surface area contributed by atoms with Gasteiger partial charge in [0.15, 0.2) is 5.96 Å². The van der Waals surface area contributed by atoms with E-state index in [2.05, 4.69) is 49.2 Å². The smallest absolute Gasteiger partial charge is 0.194 e. The van der Waals surface area contributed by atoms with Gasteiger partial charge in [-0.25, -0.2) is 9.98 Å². The van der Waals surface area contributed by atoms with Gasteiger partial charge in [-0.2, -0.15) is 0 Å². The summed E-state index contributed by atoms with van der Waals surface area (Å²) in [6, 6.07) is 6.22. The van der Waals surface area contributed by atoms with Crippen LogP contribution in [-0.4, -0.2) is 71.7 Å². The predicted octanol–water partition coefficient (Wildman–Crippen LogP) is 2.96. The third kappa shape index (κ3) is 6.80. The van der Waals surface area contributed by atoms with Gasteiger partial charge in [0.2, 0.25) is 0 Å². The minimum absolute atomic E-state index is 0. The molecular formula is C22H34IN7O. The number of piperidine rings is 1. The molecule has 2 aliphatic heterocycles. The maximum atomic E-state index is 4.94. The summed E-state index contributed by atoms with van der Waals surface area (Å²) in [7, 11) is 0. The van der Waals surface area contributed by atoms with Crippen LogP contribution >= 0.6 is 24.0 Å². The number of pyridine rings is 1. The molecule has 0 unspecified atom stereocenters. The van der Waals surface area contributed by atoms with E-state index in [0.29, 0.717) is 6.54 Å². The molecule has 1 N–H and O–H groups in total. The number of halogens is 1. The van der Waals surface area contributed by atoms with Crippen LogP contribution in [0.15, 0.2) is 40.2 Å². The van der Waals surface area contributed by atoms with Crippen LogP contribution in [0.2, 0.25) is 0 Å². The Bertz CT molecular complexity index is 800. The van der Waals surface area contributed by atoms with E-state index in [4.69, 9.17) is 9.52 Å². The third-order valence-corrected chi connectivity index (χ3v) is 5.78. The maximum Gasteiger partial charge on any atom is 0.194 e. The van der Waals surface area contributed by atoms with Crippen LogP contribution in [0.5, 0.6) is 0 Å². The van der Waals surface area contributed by atoms with Gasteiger partial charge in [0.25, 0.3) is 0 Å². The molecule has 9 heteroatoms. The number of hydrogen-bond donors (Lipinski definition) is 1. The minimum Gasteiger partial charge on any atom is -0.364 e. The first-order chi connectivity index (χ1) is 14.8. The summed E-state index contributed by atoms with van der Waals surface area (Å²) in [5, 5.41) is 7.49. The molecule has 2 aromatic rings. The highest BCUT2D eigenvalue weighted by Gasteiger charge is 2.20. The molecule has 2 saturated heterocycles. The average Bonchev–Trinajstić information content (AvgIpc) is 3.31. The van der Waals surface area contributed by atoms with E-state index in [-0.39, 0.29) is 24.0 Å². The van der Waals surface area contributed by atoms with Crippen molar-refractivity contribution in [2.75, 3.05) is 50.7 Å². The Balaban J connectivity index is 0.00000272. The zero-order valence-corrected chi connectivity index (χ0v) is 20.7. The normalized spacial score (nSPS) is 18.0. The highest BCUT2D eigenvalue weighted by atomic mass is 127. The zero-order valence-electron chi connectivity index (χ0n) is 18.4. The Morgan fingerprint density at radius 2 is 1.90 bits per heavy atom. The Morgan fingerprint density at radius 1 is 1.10 bits per heavy atom. The SMILES string of the molecule is CCNC(=NCc1ccnc(N2CCCCC2)c1)N1CCN(Cc2ccon2)CC1.I. The fourth-order valence-electron chi connectivity index (χ4n) is 4.11. The lowest BCUT2D eigenvalue weighted by Crippen LogP contribution is -2.52. The lowest BCUT2D eigenvalue weighted by molar-refractivity contribution is 0.169. The van der Waals surface area contributed by atoms with Crippen LogP contribution in [0.1, 0.15) is 37.4 Å². The molecule has 0 bridgehead atoms. The first kappa shape index (κ1) is 23.8. The van der Waals surface area contributed by atoms with Crippen molar-refractivity contribution in [1.82, 2.24) is 25.3 Å². The number of aliphatic imine (C=N–C) groups is 1. The number of hydrogen-bond acceptors (Lipinski definition) is 6. The first-order valence-electron chi connectivity index (χ1n) is 11.2. The molecule has 0 atom stereocenters. The van der Waals surface area contributed by atoms with Crippen molar-refractivity contribution in [2.45, 2.75) is 39.3 Å². The van der Waals surface area contributed by atoms with Gasteiger partial charge >= 0.3 is 0 Å². The standard InChI is InChI=1S/C22H33N7O.HI/c1-2-23-22(29-13-11-27(12-14-29)18-20-7-15-30-26-20)25-17-19-6-8-24-21(16-19)28-9-4-3-5-10-28;/h6-8,15-16H,2-5,9-14,17-18H2,1H3,(H,23,25);1H. The Kier molecular flexibility index (Phi) is 9.38. The van der Waals surface area contributed by atoms with Crippen molar-refractivity contribution in [2.24, 2.45) is 4.99 Å². The number of rotatable bonds is 6. The number of anilines is 1. The van der Waals surface area contributed by atoms with Gasteiger partial charge in [0.05, 0.1) is 12.2 Å². The molecule has 0 saturated carbocycles. The summed E-state index contributed by atoms with van der Waals surface area (Å²) in [4.78, 5) is 16.7. The molecule has 4 heterocycles. The fraction of sp³-hybridized carbons (Fsp3) is 0.591. The number of nitrogens with one attached hydrogen (secondary N) is 1. The molecule has 8 nitrogen and oxygen atoms in total. The lowest BCUT2D eigenvalue weighted by atomic mass is 10.1. The topological polar surface area (TPSA) is 73.0 Å². The minimum atomic E-state index is 0. The van der Waals surface area contributed by atoms with E-state index in [1.807, 2.05) is 12.3 Å². The molecule has 4 rings (SSSR count). The molecule has 170 valence electrons. The summed E-state index contributed by atoms with van der Waals surface area (Å²) in [6.07, 6.45) is 7.41. The van der Waals surface area contributed by atoms with Crippen molar-refractivity contribution in [3.05, 3.63) is 41.9 Å². The molecule has 0 radical (unpaired) electrons. The van der Waals surface area contributed by atoms with E-state index >= 15 is 0 Å². The average molecular weight is 539 g/mol. The summed E-state index contributed by atoms with van der Waals surface area (Å²) < 4.78 is 4.94. The highest BCUT2D eigenvalue weighted by Crippen LogP contribution is 2.19. The van der Waals surface area contributed by atoms with Gasteiger partial charge in [-0.05, 0) is 43.9 Å². The molecule has 0 spiro atoms. The van der Waals surface area contributed by atoms with Gasteiger partial charge in [-0.15, -0.1) is 24.0 Å². The fourth-order valence-corrected chi connectivity index (χ4v) is 4.11. The second-order valence-corrected chi connectivity index (χ2v) is 7.99. The van der Waals surface area contributed by atoms with Crippen LogP contribution in [0.3, 0.4) is 0 Å². The highest BCUT2D eigenvalue weighted by molar-refractivity contribution is 14.0. The van der Waals surface area contributed by atoms with E-state index in [1.165, 1.54) is 24.8 Å². The van der Waals surface area contributed by atoms with Gasteiger partial charge in [0, 0.05) is 64.6 Å². The summed E-state index contributed by atoms with van der Waals surface area (Å²) in [6.45, 7) is 10.6. The van der Waals surface area contributed by atoms with Crippen LogP contribution < -0.4 is 10.2 Å². The second kappa shape index (κ2) is 12.2. The Labute approximate surface area is 202 Å². The van der Waals surface area contributed by atoms with Crippen LogP contribution in [0.25, 0.3) is 0 Å². The quantitative estimate of drug-likeness (QED) is 0.344. The third-order valence-electron chi connectivity index (χ3n) is 5.78. The van der Waals surface area contributed by atoms with Crippen LogP contribution in [0.4, 0.5) is 5.82 Å². The van der Waals surface area contributed by atoms with E-state index < -0.39 is 0 Å². The Morgan fingerprint density at radius 3 is 2.61 bits per heavy atom. The van der Waals surface area contributed by atoms with Gasteiger partial charge in [-0.1, -0.05) is 5.16 Å². The summed E-state index contributed by atoms with van der Waals surface area (Å²) in [5.74, 6) is 2.09. The van der Waals surface area contributed by atoms with Crippen LogP contribution in [0, 0.1) is 0 Å². The first-order valence-corrected chi connectivity index (χ1v) is 11.2. The molecule has 31 heavy (non-hydrogen) atoms. The molecule has 0 amide bonds. The molecule has 0 aromatic carbocycles. The van der Waals surface area contributed by atoms with Crippen molar-refractivity contribution in [3.8, 4) is 0 Å². The molecule has 0 aliphatic carbocycles. The summed E-state index contributed by atoms with van der Waals surface area (Å²) >= 11 is 0. The number of piperazine rings is 1. The molecule has 2 aromatic heterocycles. The number of guanidine groups is 1. The number of nitrogens with zero attached hydrogens (tertiary/aromatic N) is 6. The predicted molar refractivity (Wildman–Crippen MR) is 134 cm³/mol. The molecular weight excluding hydrogens is 505 g/mol. The summed E-state index contributed by atoms with van der Waals surface area (Å²) in [5.41, 5.74) is 2.21. The molecule has 2 aliphatic rings. The maximum absolute atomic E-state index is 4.94. The lowest BCUT2D eigenvalue weighted by Gasteiger charge is -2.36. The van der Waals surface area contributed by atoms with E-state index in [0.717, 1.165) is 69.8 Å². The van der Waals surface area contributed by atoms with E-state index in [1.54, 1.807) is 6.26 Å². The zero-order chi connectivity index (χ0) is 20.6.